The van der Waals surface area contributed by atoms with E-state index in [4.69, 9.17) is 0 Å². The molecule has 0 aliphatic rings. The van der Waals surface area contributed by atoms with Crippen LogP contribution < -0.4 is 0 Å². The Morgan fingerprint density at radius 2 is 2.13 bits per heavy atom. The molecule has 0 spiro atoms. The highest BCUT2D eigenvalue weighted by atomic mass is 19.1. The zero-order valence-corrected chi connectivity index (χ0v) is 9.07. The summed E-state index contributed by atoms with van der Waals surface area (Å²) in [6.45, 7) is 3.38. The highest BCUT2D eigenvalue weighted by Crippen LogP contribution is 2.18. The molecule has 15 heavy (non-hydrogen) atoms. The molecular formula is C12H17FO2. The van der Waals surface area contributed by atoms with Crippen LogP contribution in [0.5, 0.6) is 0 Å². The predicted octanol–water partition coefficient (Wildman–Crippen LogP) is 1.89. The molecule has 0 aromatic heterocycles. The van der Waals surface area contributed by atoms with Gasteiger partial charge >= 0.3 is 0 Å². The molecule has 0 aliphatic carbocycles. The number of rotatable bonds is 4. The fourth-order valence-electron chi connectivity index (χ4n) is 1.34. The normalized spacial score (nSPS) is 17.1. The first-order valence-electron chi connectivity index (χ1n) is 5.10. The summed E-state index contributed by atoms with van der Waals surface area (Å²) in [5, 5.41) is 19.5. The van der Waals surface area contributed by atoms with Crippen LogP contribution in [0.15, 0.2) is 24.3 Å². The minimum absolute atomic E-state index is 0.262. The van der Waals surface area contributed by atoms with Gasteiger partial charge in [0.1, 0.15) is 5.82 Å². The molecule has 2 unspecified atom stereocenters. The van der Waals surface area contributed by atoms with Gasteiger partial charge in [-0.05, 0) is 31.0 Å². The Balaban J connectivity index is 2.70. The van der Waals surface area contributed by atoms with Gasteiger partial charge in [-0.3, -0.25) is 0 Å². The largest absolute Gasteiger partial charge is 0.390 e. The van der Waals surface area contributed by atoms with Gasteiger partial charge in [-0.15, -0.1) is 0 Å². The Bertz CT molecular complexity index is 323. The molecule has 1 aromatic carbocycles. The second kappa shape index (κ2) is 4.73. The molecule has 3 heteroatoms. The molecule has 0 saturated carbocycles. The van der Waals surface area contributed by atoms with E-state index in [1.807, 2.05) is 0 Å². The Kier molecular flexibility index (Phi) is 3.83. The van der Waals surface area contributed by atoms with Crippen molar-refractivity contribution in [2.75, 3.05) is 0 Å². The molecule has 1 aromatic rings. The van der Waals surface area contributed by atoms with Gasteiger partial charge in [0, 0.05) is 6.42 Å². The van der Waals surface area contributed by atoms with Gasteiger partial charge in [-0.2, -0.15) is 0 Å². The number of hydrogen-bond donors (Lipinski definition) is 2. The molecule has 0 saturated heterocycles. The van der Waals surface area contributed by atoms with E-state index in [0.717, 1.165) is 0 Å². The fraction of sp³-hybridized carbons (Fsp3) is 0.500. The lowest BCUT2D eigenvalue weighted by Gasteiger charge is -2.27. The van der Waals surface area contributed by atoms with Crippen LogP contribution in [0.25, 0.3) is 0 Å². The molecule has 0 amide bonds. The Labute approximate surface area is 89.4 Å². The third-order valence-corrected chi connectivity index (χ3v) is 2.75. The number of halogens is 1. The summed E-state index contributed by atoms with van der Waals surface area (Å²) >= 11 is 0. The van der Waals surface area contributed by atoms with E-state index in [1.165, 1.54) is 12.1 Å². The smallest absolute Gasteiger partial charge is 0.123 e. The maximum atomic E-state index is 12.9. The van der Waals surface area contributed by atoms with Crippen LogP contribution in [0, 0.1) is 5.82 Å². The van der Waals surface area contributed by atoms with E-state index in [2.05, 4.69) is 0 Å². The Hall–Kier alpha value is -0.930. The summed E-state index contributed by atoms with van der Waals surface area (Å²) in [6.07, 6.45) is -0.147. The van der Waals surface area contributed by atoms with Crippen molar-refractivity contribution in [1.82, 2.24) is 0 Å². The minimum atomic E-state index is -1.12. The van der Waals surface area contributed by atoms with Crippen LogP contribution in [-0.4, -0.2) is 21.9 Å². The lowest BCUT2D eigenvalue weighted by Crippen LogP contribution is -2.39. The molecule has 2 N–H and O–H groups in total. The van der Waals surface area contributed by atoms with Crippen molar-refractivity contribution in [1.29, 1.82) is 0 Å². The van der Waals surface area contributed by atoms with Crippen molar-refractivity contribution in [3.05, 3.63) is 35.6 Å². The average molecular weight is 212 g/mol. The molecule has 0 aliphatic heterocycles. The molecule has 0 radical (unpaired) electrons. The second-order valence-corrected chi connectivity index (χ2v) is 4.06. The fourth-order valence-corrected chi connectivity index (χ4v) is 1.34. The number of aliphatic hydroxyl groups excluding tert-OH is 1. The Morgan fingerprint density at radius 1 is 1.47 bits per heavy atom. The minimum Gasteiger partial charge on any atom is -0.390 e. The van der Waals surface area contributed by atoms with Crippen LogP contribution in [0.1, 0.15) is 25.8 Å². The van der Waals surface area contributed by atoms with E-state index in [1.54, 1.807) is 26.0 Å². The van der Waals surface area contributed by atoms with Crippen molar-refractivity contribution in [3.63, 3.8) is 0 Å². The number of hydrogen-bond acceptors (Lipinski definition) is 2. The molecular weight excluding hydrogens is 195 g/mol. The lowest BCUT2D eigenvalue weighted by atomic mass is 9.91. The van der Waals surface area contributed by atoms with Crippen LogP contribution in [0.4, 0.5) is 4.39 Å². The predicted molar refractivity (Wildman–Crippen MR) is 57.0 cm³/mol. The summed E-state index contributed by atoms with van der Waals surface area (Å²) in [6, 6.07) is 6.05. The third kappa shape index (κ3) is 3.29. The molecule has 0 heterocycles. The summed E-state index contributed by atoms with van der Waals surface area (Å²) in [4.78, 5) is 0. The average Bonchev–Trinajstić information content (AvgIpc) is 2.17. The van der Waals surface area contributed by atoms with Gasteiger partial charge in [-0.25, -0.2) is 4.39 Å². The van der Waals surface area contributed by atoms with Crippen molar-refractivity contribution in [2.45, 2.75) is 38.4 Å². The quantitative estimate of drug-likeness (QED) is 0.800. The van der Waals surface area contributed by atoms with E-state index < -0.39 is 11.7 Å². The number of aliphatic hydroxyl groups is 2. The molecule has 0 fully saturated rings. The summed E-state index contributed by atoms with van der Waals surface area (Å²) in [7, 11) is 0. The van der Waals surface area contributed by atoms with Crippen LogP contribution in [-0.2, 0) is 6.42 Å². The highest BCUT2D eigenvalue weighted by molar-refractivity contribution is 5.17. The zero-order valence-electron chi connectivity index (χ0n) is 9.07. The van der Waals surface area contributed by atoms with Gasteiger partial charge in [0.15, 0.2) is 0 Å². The third-order valence-electron chi connectivity index (χ3n) is 2.75. The first kappa shape index (κ1) is 12.1. The van der Waals surface area contributed by atoms with Crippen molar-refractivity contribution >= 4 is 0 Å². The number of benzene rings is 1. The van der Waals surface area contributed by atoms with E-state index in [0.29, 0.717) is 12.0 Å². The molecule has 84 valence electrons. The monoisotopic (exact) mass is 212 g/mol. The zero-order chi connectivity index (χ0) is 11.5. The van der Waals surface area contributed by atoms with Crippen molar-refractivity contribution in [2.24, 2.45) is 0 Å². The van der Waals surface area contributed by atoms with Gasteiger partial charge in [0.25, 0.3) is 0 Å². The summed E-state index contributed by atoms with van der Waals surface area (Å²) in [5.41, 5.74) is -0.428. The lowest BCUT2D eigenvalue weighted by molar-refractivity contribution is -0.0629. The summed E-state index contributed by atoms with van der Waals surface area (Å²) in [5.74, 6) is -0.323. The van der Waals surface area contributed by atoms with Crippen molar-refractivity contribution < 1.29 is 14.6 Å². The molecule has 2 atom stereocenters. The second-order valence-electron chi connectivity index (χ2n) is 4.06. The van der Waals surface area contributed by atoms with Crippen LogP contribution in [0.3, 0.4) is 0 Å². The highest BCUT2D eigenvalue weighted by Gasteiger charge is 2.28. The standard InChI is InChI=1S/C12H17FO2/c1-3-12(2,15)11(14)8-9-5-4-6-10(13)7-9/h4-7,11,14-15H,3,8H2,1-2H3. The van der Waals surface area contributed by atoms with Crippen LogP contribution >= 0.6 is 0 Å². The van der Waals surface area contributed by atoms with Crippen molar-refractivity contribution in [3.8, 4) is 0 Å². The van der Waals surface area contributed by atoms with Gasteiger partial charge < -0.3 is 10.2 Å². The van der Waals surface area contributed by atoms with Gasteiger partial charge in [0.05, 0.1) is 11.7 Å². The maximum absolute atomic E-state index is 12.9. The SMILES string of the molecule is CCC(C)(O)C(O)Cc1cccc(F)c1. The maximum Gasteiger partial charge on any atom is 0.123 e. The van der Waals surface area contributed by atoms with E-state index >= 15 is 0 Å². The van der Waals surface area contributed by atoms with Crippen LogP contribution in [0.2, 0.25) is 0 Å². The van der Waals surface area contributed by atoms with E-state index in [-0.39, 0.29) is 12.2 Å². The summed E-state index contributed by atoms with van der Waals surface area (Å²) < 4.78 is 12.9. The topological polar surface area (TPSA) is 40.5 Å². The van der Waals surface area contributed by atoms with Gasteiger partial charge in [-0.1, -0.05) is 19.1 Å². The first-order chi connectivity index (χ1) is 6.95. The first-order valence-corrected chi connectivity index (χ1v) is 5.10. The molecule has 1 rings (SSSR count). The molecule has 2 nitrogen and oxygen atoms in total. The Morgan fingerprint density at radius 3 is 2.67 bits per heavy atom. The van der Waals surface area contributed by atoms with E-state index in [9.17, 15) is 14.6 Å². The van der Waals surface area contributed by atoms with Gasteiger partial charge in [0.2, 0.25) is 0 Å². The molecule has 0 bridgehead atoms.